The molecule has 2 aliphatic heterocycles. The quantitative estimate of drug-likeness (QED) is 0.348. The molecule has 0 radical (unpaired) electrons. The Balaban J connectivity index is 0.00000267. The van der Waals surface area contributed by atoms with E-state index in [1.165, 1.54) is 11.3 Å². The van der Waals surface area contributed by atoms with E-state index in [1.807, 2.05) is 37.4 Å². The van der Waals surface area contributed by atoms with Crippen LogP contribution in [0.1, 0.15) is 11.1 Å². The summed E-state index contributed by atoms with van der Waals surface area (Å²) in [4.78, 5) is 9.40. The number of aryl methyl sites for hydroxylation is 1. The van der Waals surface area contributed by atoms with Gasteiger partial charge in [0.25, 0.3) is 10.0 Å². The van der Waals surface area contributed by atoms with E-state index < -0.39 is 10.0 Å². The third-order valence-corrected chi connectivity index (χ3v) is 10.5. The molecule has 0 amide bonds. The van der Waals surface area contributed by atoms with Crippen molar-refractivity contribution in [3.8, 4) is 0 Å². The van der Waals surface area contributed by atoms with Crippen LogP contribution in [0.15, 0.2) is 40.7 Å². The van der Waals surface area contributed by atoms with Gasteiger partial charge < -0.3 is 15.1 Å². The lowest BCUT2D eigenvalue weighted by atomic mass is 10.0. The van der Waals surface area contributed by atoms with E-state index >= 15 is 0 Å². The van der Waals surface area contributed by atoms with Crippen molar-refractivity contribution in [1.29, 1.82) is 0 Å². The van der Waals surface area contributed by atoms with Crippen molar-refractivity contribution >= 4 is 83.4 Å². The summed E-state index contributed by atoms with van der Waals surface area (Å²) in [5.74, 6) is 0. The van der Waals surface area contributed by atoms with Crippen molar-refractivity contribution in [2.24, 2.45) is 0 Å². The highest BCUT2D eigenvalue weighted by atomic mass is 35.5. The van der Waals surface area contributed by atoms with E-state index in [4.69, 9.17) is 16.6 Å². The maximum atomic E-state index is 13.6. The number of nitrogens with zero attached hydrogens (tertiary/aromatic N) is 3. The van der Waals surface area contributed by atoms with Gasteiger partial charge in [-0.25, -0.2) is 8.42 Å². The van der Waals surface area contributed by atoms with E-state index in [0.29, 0.717) is 20.5 Å². The fourth-order valence-corrected chi connectivity index (χ4v) is 8.11. The topological polar surface area (TPSA) is 77.6 Å². The number of nitrogens with one attached hydrogen (secondary N) is 2. The molecule has 0 bridgehead atoms. The van der Waals surface area contributed by atoms with Crippen LogP contribution in [0.3, 0.4) is 0 Å². The van der Waals surface area contributed by atoms with Gasteiger partial charge in [-0.3, -0.25) is 9.71 Å². The summed E-state index contributed by atoms with van der Waals surface area (Å²) >= 11 is 7.44. The number of benzene rings is 2. The minimum Gasteiger partial charge on any atom is -0.383 e. The zero-order chi connectivity index (χ0) is 24.3. The lowest BCUT2D eigenvalue weighted by Gasteiger charge is -2.34. The zero-order valence-corrected chi connectivity index (χ0v) is 23.2. The smallest absolute Gasteiger partial charge is 0.271 e. The number of thiophene rings is 1. The number of piperazine rings is 1. The minimum absolute atomic E-state index is 0. The summed E-state index contributed by atoms with van der Waals surface area (Å²) in [7, 11) is -1.67. The number of fused-ring (bicyclic) bond motifs is 4. The second kappa shape index (κ2) is 9.54. The molecule has 6 rings (SSSR count). The molecule has 0 unspecified atom stereocenters. The van der Waals surface area contributed by atoms with Gasteiger partial charge >= 0.3 is 0 Å². The molecule has 7 nitrogen and oxygen atoms in total. The van der Waals surface area contributed by atoms with Gasteiger partial charge in [-0.15, -0.1) is 23.7 Å². The molecule has 2 aliphatic rings. The largest absolute Gasteiger partial charge is 0.383 e. The SMILES string of the molecule is Cc1c(S(=O)(=O)Nc2cc3c(N4CCN(C)CC4)ccnc3c3c2NCC3)sc2ccc(Cl)cc12.Cl. The summed E-state index contributed by atoms with van der Waals surface area (Å²) in [5, 5.41) is 5.83. The van der Waals surface area contributed by atoms with Crippen LogP contribution < -0.4 is 14.9 Å². The lowest BCUT2D eigenvalue weighted by molar-refractivity contribution is 0.313. The zero-order valence-electron chi connectivity index (χ0n) is 20.0. The van der Waals surface area contributed by atoms with Gasteiger partial charge in [0, 0.05) is 65.3 Å². The van der Waals surface area contributed by atoms with E-state index in [0.717, 1.165) is 77.1 Å². The van der Waals surface area contributed by atoms with Gasteiger partial charge in [0.05, 0.1) is 16.9 Å². The molecule has 2 N–H and O–H groups in total. The monoisotopic (exact) mass is 563 g/mol. The molecule has 4 heterocycles. The Kier molecular flexibility index (Phi) is 6.72. The standard InChI is InChI=1S/C25H26ClN5O2S2.ClH/c1-15-18-13-16(26)3-4-22(18)34-25(15)35(32,33)29-20-14-19-21(31-11-9-30(2)10-12-31)6-8-27-23(19)17-5-7-28-24(17)20;/h3-4,6,8,13-14,28-29H,5,7,9-12H2,1-2H3;1H. The Morgan fingerprint density at radius 3 is 2.67 bits per heavy atom. The van der Waals surface area contributed by atoms with Gasteiger partial charge in [-0.05, 0) is 61.7 Å². The molecule has 2 aromatic heterocycles. The highest BCUT2D eigenvalue weighted by molar-refractivity contribution is 7.95. The molecular weight excluding hydrogens is 537 g/mol. The Morgan fingerprint density at radius 2 is 1.89 bits per heavy atom. The van der Waals surface area contributed by atoms with Crippen LogP contribution in [0, 0.1) is 6.92 Å². The number of pyridine rings is 1. The van der Waals surface area contributed by atoms with Gasteiger partial charge in [-0.1, -0.05) is 11.6 Å². The average Bonchev–Trinajstić information content (AvgIpc) is 3.45. The summed E-state index contributed by atoms with van der Waals surface area (Å²) < 4.78 is 31.4. The Morgan fingerprint density at radius 1 is 1.11 bits per heavy atom. The van der Waals surface area contributed by atoms with Crippen LogP contribution >= 0.6 is 35.3 Å². The number of aromatic nitrogens is 1. The first kappa shape index (κ1) is 25.4. The Bertz CT molecular complexity index is 1580. The summed E-state index contributed by atoms with van der Waals surface area (Å²) in [6, 6.07) is 9.48. The summed E-state index contributed by atoms with van der Waals surface area (Å²) in [6.45, 7) is 6.42. The van der Waals surface area contributed by atoms with Crippen LogP contribution in [0.5, 0.6) is 0 Å². The molecule has 0 saturated carbocycles. The Hall–Kier alpha value is -2.30. The van der Waals surface area contributed by atoms with Gasteiger partial charge in [0.1, 0.15) is 4.21 Å². The number of halogens is 2. The first-order chi connectivity index (χ1) is 16.8. The van der Waals surface area contributed by atoms with Crippen molar-refractivity contribution in [3.05, 3.63) is 52.7 Å². The van der Waals surface area contributed by atoms with Crippen molar-refractivity contribution in [2.75, 3.05) is 54.7 Å². The van der Waals surface area contributed by atoms with E-state index in [-0.39, 0.29) is 12.4 Å². The number of anilines is 3. The first-order valence-electron chi connectivity index (χ1n) is 11.7. The van der Waals surface area contributed by atoms with Gasteiger partial charge in [0.15, 0.2) is 0 Å². The molecular formula is C25H27Cl2N5O2S2. The number of rotatable bonds is 4. The summed E-state index contributed by atoms with van der Waals surface area (Å²) in [5.41, 5.74) is 5.22. The molecule has 36 heavy (non-hydrogen) atoms. The summed E-state index contributed by atoms with van der Waals surface area (Å²) in [6.07, 6.45) is 2.67. The van der Waals surface area contributed by atoms with Gasteiger partial charge in [-0.2, -0.15) is 0 Å². The van der Waals surface area contributed by atoms with Crippen LogP contribution in [0.25, 0.3) is 21.0 Å². The predicted molar refractivity (Wildman–Crippen MR) is 153 cm³/mol. The fraction of sp³-hybridized carbons (Fsp3) is 0.320. The van der Waals surface area contributed by atoms with E-state index in [9.17, 15) is 8.42 Å². The molecule has 4 aromatic rings. The number of sulfonamides is 1. The van der Waals surface area contributed by atoms with Crippen molar-refractivity contribution in [1.82, 2.24) is 9.88 Å². The second-order valence-corrected chi connectivity index (χ2v) is 12.6. The third-order valence-electron chi connectivity index (χ3n) is 6.98. The lowest BCUT2D eigenvalue weighted by Crippen LogP contribution is -2.44. The van der Waals surface area contributed by atoms with Gasteiger partial charge in [0.2, 0.25) is 0 Å². The molecule has 11 heteroatoms. The molecule has 0 spiro atoms. The van der Waals surface area contributed by atoms with E-state index in [1.54, 1.807) is 6.07 Å². The van der Waals surface area contributed by atoms with E-state index in [2.05, 4.69) is 26.9 Å². The molecule has 2 aromatic carbocycles. The first-order valence-corrected chi connectivity index (χ1v) is 14.3. The maximum absolute atomic E-state index is 13.6. The van der Waals surface area contributed by atoms with Crippen LogP contribution in [0.4, 0.5) is 17.1 Å². The minimum atomic E-state index is -3.81. The van der Waals surface area contributed by atoms with Crippen LogP contribution in [0.2, 0.25) is 5.02 Å². The van der Waals surface area contributed by atoms with Crippen molar-refractivity contribution < 1.29 is 8.42 Å². The third kappa shape index (κ3) is 4.26. The molecule has 0 atom stereocenters. The van der Waals surface area contributed by atoms with Crippen LogP contribution in [-0.2, 0) is 16.4 Å². The second-order valence-electron chi connectivity index (χ2n) is 9.23. The van der Waals surface area contributed by atoms with Crippen LogP contribution in [-0.4, -0.2) is 58.1 Å². The van der Waals surface area contributed by atoms with Crippen molar-refractivity contribution in [2.45, 2.75) is 17.6 Å². The molecule has 190 valence electrons. The molecule has 1 fully saturated rings. The molecule has 1 saturated heterocycles. The highest BCUT2D eigenvalue weighted by Gasteiger charge is 2.27. The van der Waals surface area contributed by atoms with Crippen molar-refractivity contribution in [3.63, 3.8) is 0 Å². The molecule has 0 aliphatic carbocycles. The predicted octanol–water partition coefficient (Wildman–Crippen LogP) is 5.35. The number of hydrogen-bond donors (Lipinski definition) is 2. The highest BCUT2D eigenvalue weighted by Crippen LogP contribution is 2.42. The number of hydrogen-bond acceptors (Lipinski definition) is 7. The maximum Gasteiger partial charge on any atom is 0.271 e. The average molecular weight is 565 g/mol. The normalized spacial score (nSPS) is 16.1. The number of likely N-dealkylation sites (N-methyl/N-ethyl adjacent to an activating group) is 1. The Labute approximate surface area is 225 Å². The fourth-order valence-electron chi connectivity index (χ4n) is 5.12.